The minimum atomic E-state index is -0.152. The maximum Gasteiger partial charge on any atom is 0.274 e. The average molecular weight is 607 g/mol. The third kappa shape index (κ3) is 6.61. The predicted molar refractivity (Wildman–Crippen MR) is 161 cm³/mol. The lowest BCUT2D eigenvalue weighted by Crippen LogP contribution is -2.47. The standard InChI is InChI=1S/C29H32BrN7O3/c1-40-26-18-22(36-14-12-35(13-15-36)16-17-38)9-10-24(26)33-29-31-19-23(30)27(34-29)32-25-8-5-11-37(28(25)39)20-21-6-3-2-4-7-21/h2-11,18-19,38H,12-17,20H2,1H3,(H2,31,32,33,34). The van der Waals surface area contributed by atoms with E-state index in [1.807, 2.05) is 54.6 Å². The number of aromatic nitrogens is 3. The lowest BCUT2D eigenvalue weighted by atomic mass is 10.2. The molecule has 0 bridgehead atoms. The Morgan fingerprint density at radius 2 is 1.80 bits per heavy atom. The number of anilines is 5. The SMILES string of the molecule is COc1cc(N2CCN(CCO)CC2)ccc1Nc1ncc(Br)c(Nc2cccn(Cc3ccccc3)c2=O)n1. The minimum absolute atomic E-state index is 0.152. The summed E-state index contributed by atoms with van der Waals surface area (Å²) in [5.74, 6) is 1.49. The molecule has 10 nitrogen and oxygen atoms in total. The van der Waals surface area contributed by atoms with Crippen molar-refractivity contribution in [2.24, 2.45) is 0 Å². The Bertz CT molecular complexity index is 1490. The first-order valence-electron chi connectivity index (χ1n) is 13.1. The van der Waals surface area contributed by atoms with Gasteiger partial charge in [0.2, 0.25) is 5.95 Å². The van der Waals surface area contributed by atoms with Gasteiger partial charge in [0.15, 0.2) is 5.82 Å². The van der Waals surface area contributed by atoms with Gasteiger partial charge in [0.25, 0.3) is 5.56 Å². The molecule has 40 heavy (non-hydrogen) atoms. The van der Waals surface area contributed by atoms with Crippen LogP contribution in [0.15, 0.2) is 82.3 Å². The number of piperazine rings is 1. The molecule has 5 rings (SSSR count). The maximum atomic E-state index is 13.2. The molecule has 0 radical (unpaired) electrons. The van der Waals surface area contributed by atoms with E-state index < -0.39 is 0 Å². The predicted octanol–water partition coefficient (Wildman–Crippen LogP) is 4.06. The van der Waals surface area contributed by atoms with Crippen LogP contribution < -0.4 is 25.8 Å². The number of nitrogens with one attached hydrogen (secondary N) is 2. The summed E-state index contributed by atoms with van der Waals surface area (Å²) >= 11 is 3.49. The van der Waals surface area contributed by atoms with E-state index in [4.69, 9.17) is 4.74 Å². The molecule has 2 aromatic heterocycles. The Labute approximate surface area is 241 Å². The smallest absolute Gasteiger partial charge is 0.274 e. The van der Waals surface area contributed by atoms with Crippen molar-refractivity contribution in [2.45, 2.75) is 6.54 Å². The molecule has 11 heteroatoms. The van der Waals surface area contributed by atoms with E-state index in [0.29, 0.717) is 40.8 Å². The van der Waals surface area contributed by atoms with Crippen LogP contribution in [0, 0.1) is 0 Å². The number of rotatable bonds is 10. The van der Waals surface area contributed by atoms with Crippen molar-refractivity contribution in [1.29, 1.82) is 0 Å². The molecule has 4 aromatic rings. The zero-order valence-electron chi connectivity index (χ0n) is 22.3. The average Bonchev–Trinajstić information content (AvgIpc) is 2.98. The van der Waals surface area contributed by atoms with E-state index in [-0.39, 0.29) is 12.2 Å². The molecule has 1 aliphatic heterocycles. The van der Waals surface area contributed by atoms with E-state index in [2.05, 4.69) is 46.3 Å². The minimum Gasteiger partial charge on any atom is -0.494 e. The highest BCUT2D eigenvalue weighted by molar-refractivity contribution is 9.10. The number of hydrogen-bond donors (Lipinski definition) is 3. The third-order valence-electron chi connectivity index (χ3n) is 6.80. The second-order valence-electron chi connectivity index (χ2n) is 9.42. The van der Waals surface area contributed by atoms with Gasteiger partial charge in [-0.2, -0.15) is 4.98 Å². The molecular weight excluding hydrogens is 574 g/mol. The summed E-state index contributed by atoms with van der Waals surface area (Å²) in [5, 5.41) is 15.6. The lowest BCUT2D eigenvalue weighted by molar-refractivity contribution is 0.189. The molecular formula is C29H32BrN7O3. The zero-order chi connectivity index (χ0) is 27.9. The van der Waals surface area contributed by atoms with Crippen LogP contribution in [-0.4, -0.2) is 71.0 Å². The maximum absolute atomic E-state index is 13.2. The molecule has 0 aliphatic carbocycles. The van der Waals surface area contributed by atoms with E-state index in [1.54, 1.807) is 30.1 Å². The topological polar surface area (TPSA) is 108 Å². The molecule has 0 saturated carbocycles. The number of halogens is 1. The van der Waals surface area contributed by atoms with Crippen molar-refractivity contribution < 1.29 is 9.84 Å². The van der Waals surface area contributed by atoms with E-state index in [0.717, 1.165) is 43.1 Å². The van der Waals surface area contributed by atoms with Crippen LogP contribution in [0.4, 0.5) is 28.8 Å². The molecule has 3 heterocycles. The van der Waals surface area contributed by atoms with Gasteiger partial charge < -0.3 is 29.9 Å². The molecule has 0 atom stereocenters. The summed E-state index contributed by atoms with van der Waals surface area (Å²) in [6.45, 7) is 4.94. The van der Waals surface area contributed by atoms with Crippen LogP contribution in [0.25, 0.3) is 0 Å². The fourth-order valence-electron chi connectivity index (χ4n) is 4.65. The fourth-order valence-corrected chi connectivity index (χ4v) is 4.94. The van der Waals surface area contributed by atoms with E-state index in [9.17, 15) is 9.90 Å². The number of hydrogen-bond acceptors (Lipinski definition) is 9. The molecule has 1 aliphatic rings. The van der Waals surface area contributed by atoms with Gasteiger partial charge in [-0.3, -0.25) is 9.69 Å². The second-order valence-corrected chi connectivity index (χ2v) is 10.3. The van der Waals surface area contributed by atoms with Crippen LogP contribution in [0.1, 0.15) is 5.56 Å². The molecule has 1 saturated heterocycles. The molecule has 0 spiro atoms. The van der Waals surface area contributed by atoms with Gasteiger partial charge in [-0.25, -0.2) is 4.98 Å². The van der Waals surface area contributed by atoms with Crippen LogP contribution in [0.5, 0.6) is 5.75 Å². The van der Waals surface area contributed by atoms with Gasteiger partial charge in [0.05, 0.1) is 30.4 Å². The summed E-state index contributed by atoms with van der Waals surface area (Å²) in [5.41, 5.74) is 3.09. The first kappa shape index (κ1) is 27.6. The van der Waals surface area contributed by atoms with E-state index >= 15 is 0 Å². The Balaban J connectivity index is 1.31. The van der Waals surface area contributed by atoms with Gasteiger partial charge in [0.1, 0.15) is 11.4 Å². The van der Waals surface area contributed by atoms with E-state index in [1.165, 1.54) is 0 Å². The summed E-state index contributed by atoms with van der Waals surface area (Å²) in [6, 6.07) is 19.4. The molecule has 0 amide bonds. The fraction of sp³-hybridized carbons (Fsp3) is 0.276. The molecule has 3 N–H and O–H groups in total. The second kappa shape index (κ2) is 12.9. The Hall–Kier alpha value is -3.93. The van der Waals surface area contributed by atoms with Gasteiger partial charge in [-0.05, 0) is 45.8 Å². The third-order valence-corrected chi connectivity index (χ3v) is 7.38. The number of nitrogens with zero attached hydrogens (tertiary/aromatic N) is 5. The van der Waals surface area contributed by atoms with Gasteiger partial charge in [0, 0.05) is 56.9 Å². The number of aliphatic hydroxyl groups excluding tert-OH is 1. The monoisotopic (exact) mass is 605 g/mol. The van der Waals surface area contributed by atoms with Crippen LogP contribution in [0.2, 0.25) is 0 Å². The molecule has 208 valence electrons. The van der Waals surface area contributed by atoms with Crippen molar-refractivity contribution in [1.82, 2.24) is 19.4 Å². The highest BCUT2D eigenvalue weighted by atomic mass is 79.9. The molecule has 1 fully saturated rings. The number of pyridine rings is 1. The van der Waals surface area contributed by atoms with Gasteiger partial charge in [-0.15, -0.1) is 0 Å². The van der Waals surface area contributed by atoms with Crippen molar-refractivity contribution in [2.75, 3.05) is 62.0 Å². The van der Waals surface area contributed by atoms with Gasteiger partial charge >= 0.3 is 0 Å². The number of aliphatic hydroxyl groups is 1. The van der Waals surface area contributed by atoms with Crippen molar-refractivity contribution in [3.8, 4) is 5.75 Å². The normalized spacial score (nSPS) is 13.7. The Morgan fingerprint density at radius 1 is 1.00 bits per heavy atom. The Morgan fingerprint density at radius 3 is 2.55 bits per heavy atom. The number of benzene rings is 2. The highest BCUT2D eigenvalue weighted by Gasteiger charge is 2.18. The van der Waals surface area contributed by atoms with Crippen molar-refractivity contribution in [3.05, 3.63) is 93.4 Å². The zero-order valence-corrected chi connectivity index (χ0v) is 23.8. The molecule has 0 unspecified atom stereocenters. The summed E-state index contributed by atoms with van der Waals surface area (Å²) in [4.78, 5) is 26.7. The quantitative estimate of drug-likeness (QED) is 0.247. The highest BCUT2D eigenvalue weighted by Crippen LogP contribution is 2.33. The first-order chi connectivity index (χ1) is 19.5. The van der Waals surface area contributed by atoms with Crippen molar-refractivity contribution in [3.63, 3.8) is 0 Å². The van der Waals surface area contributed by atoms with Crippen LogP contribution in [0.3, 0.4) is 0 Å². The summed E-state index contributed by atoms with van der Waals surface area (Å²) < 4.78 is 7.96. The number of β-amino-alcohol motifs (C(OH)–C–C–N with tert-alkyl or cyclic N) is 1. The number of methoxy groups -OCH3 is 1. The Kier molecular flexibility index (Phi) is 8.94. The van der Waals surface area contributed by atoms with Crippen molar-refractivity contribution >= 4 is 44.8 Å². The van der Waals surface area contributed by atoms with Gasteiger partial charge in [-0.1, -0.05) is 30.3 Å². The largest absolute Gasteiger partial charge is 0.494 e. The first-order valence-corrected chi connectivity index (χ1v) is 13.9. The molecule has 2 aromatic carbocycles. The van der Waals surface area contributed by atoms with Crippen LogP contribution >= 0.6 is 15.9 Å². The van der Waals surface area contributed by atoms with Crippen LogP contribution in [-0.2, 0) is 6.54 Å². The summed E-state index contributed by atoms with van der Waals surface area (Å²) in [6.07, 6.45) is 3.41. The number of ether oxygens (including phenoxy) is 1. The summed E-state index contributed by atoms with van der Waals surface area (Å²) in [7, 11) is 1.63. The lowest BCUT2D eigenvalue weighted by Gasteiger charge is -2.36.